The van der Waals surface area contributed by atoms with Gasteiger partial charge in [-0.1, -0.05) is 98.3 Å². The lowest BCUT2D eigenvalue weighted by molar-refractivity contribution is -0.137. The lowest BCUT2D eigenvalue weighted by Crippen LogP contribution is -2.15. The van der Waals surface area contributed by atoms with Crippen LogP contribution in [0, 0.1) is 25.7 Å². The summed E-state index contributed by atoms with van der Waals surface area (Å²) in [5.74, 6) is 3.18. The average Bonchev–Trinajstić information content (AvgIpc) is 3.87. The molecule has 0 saturated carbocycles. The number of benzene rings is 2. The van der Waals surface area contributed by atoms with Crippen molar-refractivity contribution in [3.05, 3.63) is 103 Å². The monoisotopic (exact) mass is 904 g/mol. The van der Waals surface area contributed by atoms with Crippen molar-refractivity contribution in [2.24, 2.45) is 11.8 Å². The fourth-order valence-electron chi connectivity index (χ4n) is 9.40. The number of rotatable bonds is 22. The summed E-state index contributed by atoms with van der Waals surface area (Å²) in [6, 6.07) is 11.5. The van der Waals surface area contributed by atoms with E-state index in [0.717, 1.165) is 115 Å². The van der Waals surface area contributed by atoms with E-state index in [2.05, 4.69) is 38.0 Å². The van der Waals surface area contributed by atoms with Crippen molar-refractivity contribution in [3.8, 4) is 0 Å². The molecule has 2 aliphatic rings. The van der Waals surface area contributed by atoms with E-state index in [4.69, 9.17) is 32.2 Å². The number of aryl methyl sites for hydroxylation is 2. The molecule has 11 heteroatoms. The van der Waals surface area contributed by atoms with Gasteiger partial charge in [0.25, 0.3) is 0 Å². The van der Waals surface area contributed by atoms with Crippen LogP contribution in [0.15, 0.2) is 45.4 Å². The quantitative estimate of drug-likeness (QED) is 0.0787. The van der Waals surface area contributed by atoms with Gasteiger partial charge in [0.1, 0.15) is 23.1 Å². The minimum absolute atomic E-state index is 0.00163. The third-order valence-corrected chi connectivity index (χ3v) is 13.6. The van der Waals surface area contributed by atoms with Crippen LogP contribution in [0.4, 0.5) is 0 Å². The Labute approximate surface area is 385 Å². The molecule has 2 unspecified atom stereocenters. The predicted molar refractivity (Wildman–Crippen MR) is 250 cm³/mol. The highest BCUT2D eigenvalue weighted by molar-refractivity contribution is 6.32. The zero-order valence-electron chi connectivity index (χ0n) is 38.4. The number of aromatic nitrogens is 2. The summed E-state index contributed by atoms with van der Waals surface area (Å²) in [5.41, 5.74) is 7.88. The van der Waals surface area contributed by atoms with Crippen molar-refractivity contribution in [2.75, 3.05) is 6.61 Å². The van der Waals surface area contributed by atoms with Crippen LogP contribution in [0.2, 0.25) is 10.0 Å². The van der Waals surface area contributed by atoms with Crippen molar-refractivity contribution in [1.29, 1.82) is 0 Å². The normalized spacial score (nSPS) is 16.9. The lowest BCUT2D eigenvalue weighted by atomic mass is 9.80. The van der Waals surface area contributed by atoms with Gasteiger partial charge in [0.05, 0.1) is 11.4 Å². The topological polar surface area (TPSA) is 144 Å². The fourth-order valence-corrected chi connectivity index (χ4v) is 10.0. The molecule has 2 aromatic carbocycles. The highest BCUT2D eigenvalue weighted by Crippen LogP contribution is 2.42. The van der Waals surface area contributed by atoms with Gasteiger partial charge in [-0.2, -0.15) is 0 Å². The molecule has 2 aromatic heterocycles. The minimum Gasteiger partial charge on any atom is -0.481 e. The van der Waals surface area contributed by atoms with Crippen molar-refractivity contribution in [3.63, 3.8) is 0 Å². The number of nitrogens with zero attached hydrogens (tertiary/aromatic N) is 2. The van der Waals surface area contributed by atoms with Crippen LogP contribution in [0.1, 0.15) is 198 Å². The number of aliphatic hydroxyl groups is 1. The van der Waals surface area contributed by atoms with E-state index in [-0.39, 0.29) is 49.3 Å². The number of hydrogen-bond donors (Lipinski definition) is 2. The van der Waals surface area contributed by atoms with E-state index >= 15 is 0 Å². The average molecular weight is 906 g/mol. The van der Waals surface area contributed by atoms with Gasteiger partial charge >= 0.3 is 5.97 Å². The Bertz CT molecular complexity index is 2120. The van der Waals surface area contributed by atoms with Crippen LogP contribution in [0.25, 0.3) is 0 Å². The Kier molecular flexibility index (Phi) is 19.5. The zero-order chi connectivity index (χ0) is 45.6. The highest BCUT2D eigenvalue weighted by Gasteiger charge is 2.33. The van der Waals surface area contributed by atoms with Gasteiger partial charge in [-0.25, -0.2) is 0 Å². The Morgan fingerprint density at radius 3 is 1.54 bits per heavy atom. The largest absolute Gasteiger partial charge is 0.481 e. The molecular weight excluding hydrogens is 835 g/mol. The Morgan fingerprint density at radius 2 is 1.14 bits per heavy atom. The summed E-state index contributed by atoms with van der Waals surface area (Å²) < 4.78 is 11.7. The molecule has 0 radical (unpaired) electrons. The summed E-state index contributed by atoms with van der Waals surface area (Å²) >= 11 is 12.7. The Balaban J connectivity index is 0.000000238. The van der Waals surface area contributed by atoms with Crippen LogP contribution in [-0.4, -0.2) is 44.7 Å². The molecule has 4 atom stereocenters. The van der Waals surface area contributed by atoms with E-state index in [9.17, 15) is 24.6 Å². The van der Waals surface area contributed by atoms with Crippen LogP contribution < -0.4 is 0 Å². The molecular formula is C52H70Cl2N2O7. The van der Waals surface area contributed by atoms with Crippen molar-refractivity contribution in [1.82, 2.24) is 10.3 Å². The van der Waals surface area contributed by atoms with Gasteiger partial charge in [0.15, 0.2) is 0 Å². The molecule has 9 nitrogen and oxygen atoms in total. The lowest BCUT2D eigenvalue weighted by Gasteiger charge is -2.22. The number of carbonyl (C=O) groups is 3. The predicted octanol–water partition coefficient (Wildman–Crippen LogP) is 13.2. The molecule has 0 bridgehead atoms. The van der Waals surface area contributed by atoms with Crippen molar-refractivity contribution >= 4 is 40.7 Å². The first-order valence-corrected chi connectivity index (χ1v) is 24.2. The van der Waals surface area contributed by atoms with Gasteiger partial charge in [0, 0.05) is 83.6 Å². The van der Waals surface area contributed by atoms with Gasteiger partial charge in [0.2, 0.25) is 0 Å². The molecule has 0 fully saturated rings. The van der Waals surface area contributed by atoms with E-state index in [1.165, 1.54) is 12.0 Å². The number of ketones is 2. The van der Waals surface area contributed by atoms with E-state index in [0.29, 0.717) is 59.4 Å². The number of fused-ring (bicyclic) bond motifs is 2. The van der Waals surface area contributed by atoms with E-state index in [1.807, 2.05) is 50.2 Å². The number of carboxylic acids is 1. The molecule has 4 aromatic rings. The van der Waals surface area contributed by atoms with Crippen molar-refractivity contribution < 1.29 is 33.6 Å². The summed E-state index contributed by atoms with van der Waals surface area (Å²) in [7, 11) is 0. The summed E-state index contributed by atoms with van der Waals surface area (Å²) in [6.07, 6.45) is 13.8. The number of aliphatic carboxylic acids is 1. The zero-order valence-corrected chi connectivity index (χ0v) is 40.0. The number of hydrogen-bond acceptors (Lipinski definition) is 8. The maximum atomic E-state index is 12.9. The number of carboxylic acid groups (broad SMARTS) is 1. The Hall–Kier alpha value is -3.79. The smallest absolute Gasteiger partial charge is 0.303 e. The second-order valence-corrected chi connectivity index (χ2v) is 20.0. The van der Waals surface area contributed by atoms with Crippen LogP contribution >= 0.6 is 23.2 Å². The van der Waals surface area contributed by atoms with Gasteiger partial charge in [-0.05, 0) is 131 Å². The van der Waals surface area contributed by atoms with Crippen LogP contribution in [0.3, 0.4) is 0 Å². The van der Waals surface area contributed by atoms with Gasteiger partial charge < -0.3 is 19.3 Å². The second kappa shape index (κ2) is 24.5. The molecule has 0 amide bonds. The SMILES string of the molecule is Cc1ccc(CC(=O)C[C@H](CCC(=O)O)c2noc3c2CCCC3CCC(C)C)c(Cl)c1.Cc1ccc(CC(=O)C[C@H](CCCO)c2noc3c2CCCC3CCC(C)C)c(Cl)c1. The van der Waals surface area contributed by atoms with Crippen LogP contribution in [-0.2, 0) is 40.1 Å². The van der Waals surface area contributed by atoms with Gasteiger partial charge in [-0.15, -0.1) is 0 Å². The minimum atomic E-state index is -0.865. The molecule has 63 heavy (non-hydrogen) atoms. The molecule has 0 saturated heterocycles. The molecule has 2 N–H and O–H groups in total. The third-order valence-electron chi connectivity index (χ3n) is 12.9. The molecule has 344 valence electrons. The van der Waals surface area contributed by atoms with Gasteiger partial charge in [-0.3, -0.25) is 14.4 Å². The summed E-state index contributed by atoms with van der Waals surface area (Å²) in [5, 5.41) is 28.8. The number of Topliss-reactive ketones (excluding diaryl/α,β-unsaturated/α-hetero) is 2. The maximum absolute atomic E-state index is 12.9. The molecule has 0 spiro atoms. The Morgan fingerprint density at radius 1 is 0.698 bits per heavy atom. The standard InChI is InChI=1S/C26H34ClNO4.C26H36ClNO3/c1-16(2)7-9-18-5-4-6-22-25(28-32-26(18)22)20(11-12-24(30)31)15-21(29)14-19-10-8-17(3)13-23(19)27;1-17(2)9-11-19-6-4-8-23-25(28-31-26(19)23)21(7-5-13-29)16-22(30)15-20-12-10-18(3)14-24(20)27/h8,10,13,16,18,20H,4-7,9,11-12,14-15H2,1-3H3,(H,30,31);10,12,14,17,19,21,29H,4-9,11,13,15-16H2,1-3H3/t18?,20-;19?,21-/m00/s1. The van der Waals surface area contributed by atoms with E-state index < -0.39 is 5.97 Å². The summed E-state index contributed by atoms with van der Waals surface area (Å²) in [6.45, 7) is 13.0. The molecule has 2 aliphatic carbocycles. The van der Waals surface area contributed by atoms with Crippen molar-refractivity contribution in [2.45, 2.75) is 181 Å². The fraction of sp³-hybridized carbons (Fsp3) is 0.596. The molecule has 6 rings (SSSR count). The first-order valence-electron chi connectivity index (χ1n) is 23.5. The van der Waals surface area contributed by atoms with E-state index in [1.54, 1.807) is 0 Å². The third kappa shape index (κ3) is 14.9. The molecule has 2 heterocycles. The number of aliphatic hydroxyl groups excluding tert-OH is 1. The first kappa shape index (κ1) is 50.2. The number of halogens is 2. The molecule has 0 aliphatic heterocycles. The van der Waals surface area contributed by atoms with Crippen LogP contribution in [0.5, 0.6) is 0 Å². The number of carbonyl (C=O) groups excluding carboxylic acids is 2. The highest BCUT2D eigenvalue weighted by atomic mass is 35.5. The second-order valence-electron chi connectivity index (χ2n) is 19.2. The summed E-state index contributed by atoms with van der Waals surface area (Å²) in [4.78, 5) is 37.2. The maximum Gasteiger partial charge on any atom is 0.303 e. The first-order chi connectivity index (χ1) is 30.1.